The largest absolute Gasteiger partial charge is 0.490 e. The molecule has 3 nitrogen and oxygen atoms in total. The minimum absolute atomic E-state index is 0.338. The van der Waals surface area contributed by atoms with Crippen LogP contribution in [0, 0.1) is 0 Å². The molecule has 0 aliphatic heterocycles. The summed E-state index contributed by atoms with van der Waals surface area (Å²) in [4.78, 5) is 0. The third-order valence-corrected chi connectivity index (χ3v) is 4.00. The lowest BCUT2D eigenvalue weighted by Gasteiger charge is -2.19. The quantitative estimate of drug-likeness (QED) is 0.831. The Bertz CT molecular complexity index is 419. The van der Waals surface area contributed by atoms with E-state index in [9.17, 15) is 0 Å². The number of nitrogens with two attached hydrogens (primary N) is 1. The van der Waals surface area contributed by atoms with Gasteiger partial charge in [-0.2, -0.15) is 0 Å². The Morgan fingerprint density at radius 3 is 2.50 bits per heavy atom. The van der Waals surface area contributed by atoms with Crippen LogP contribution in [0.1, 0.15) is 57.4 Å². The zero-order valence-electron chi connectivity index (χ0n) is 12.7. The molecule has 3 heteroatoms. The number of hydrogen-bond acceptors (Lipinski definition) is 3. The second-order valence-corrected chi connectivity index (χ2v) is 5.55. The summed E-state index contributed by atoms with van der Waals surface area (Å²) >= 11 is 0. The van der Waals surface area contributed by atoms with Crippen LogP contribution in [0.4, 0.5) is 0 Å². The van der Waals surface area contributed by atoms with Gasteiger partial charge in [0.25, 0.3) is 0 Å². The third-order valence-electron chi connectivity index (χ3n) is 4.00. The minimum Gasteiger partial charge on any atom is -0.490 e. The molecule has 2 unspecified atom stereocenters. The zero-order chi connectivity index (χ0) is 14.4. The lowest BCUT2D eigenvalue weighted by atomic mass is 9.90. The van der Waals surface area contributed by atoms with Crippen LogP contribution in [0.15, 0.2) is 18.2 Å². The van der Waals surface area contributed by atoms with Crippen LogP contribution in [0.25, 0.3) is 0 Å². The zero-order valence-corrected chi connectivity index (χ0v) is 12.7. The maximum atomic E-state index is 6.18. The SMILES string of the molecule is CCOc1ccc(C2CCCCC(N)C2)cc1OCC. The van der Waals surface area contributed by atoms with E-state index in [1.807, 2.05) is 19.9 Å². The van der Waals surface area contributed by atoms with E-state index < -0.39 is 0 Å². The maximum Gasteiger partial charge on any atom is 0.161 e. The van der Waals surface area contributed by atoms with Crippen LogP contribution in [0.3, 0.4) is 0 Å². The predicted octanol–water partition coefficient (Wildman–Crippen LogP) is 3.86. The fraction of sp³-hybridized carbons (Fsp3) is 0.647. The molecule has 1 aromatic carbocycles. The summed E-state index contributed by atoms with van der Waals surface area (Å²) in [5.74, 6) is 2.27. The Hall–Kier alpha value is -1.22. The van der Waals surface area contributed by atoms with Gasteiger partial charge in [0.15, 0.2) is 11.5 Å². The minimum atomic E-state index is 0.338. The predicted molar refractivity (Wildman–Crippen MR) is 82.6 cm³/mol. The van der Waals surface area contributed by atoms with Crippen molar-refractivity contribution < 1.29 is 9.47 Å². The van der Waals surface area contributed by atoms with Gasteiger partial charge in [-0.05, 0) is 56.7 Å². The molecule has 1 aromatic rings. The van der Waals surface area contributed by atoms with Crippen LogP contribution in [-0.2, 0) is 0 Å². The fourth-order valence-corrected chi connectivity index (χ4v) is 3.02. The molecule has 1 aliphatic rings. The van der Waals surface area contributed by atoms with Gasteiger partial charge >= 0.3 is 0 Å². The lowest BCUT2D eigenvalue weighted by Crippen LogP contribution is -2.20. The Morgan fingerprint density at radius 1 is 1.05 bits per heavy atom. The molecule has 2 N–H and O–H groups in total. The van der Waals surface area contributed by atoms with Gasteiger partial charge in [0, 0.05) is 6.04 Å². The first-order valence-corrected chi connectivity index (χ1v) is 7.89. The number of rotatable bonds is 5. The maximum absolute atomic E-state index is 6.18. The van der Waals surface area contributed by atoms with E-state index in [1.54, 1.807) is 0 Å². The summed E-state index contributed by atoms with van der Waals surface area (Å²) in [6, 6.07) is 6.71. The first-order chi connectivity index (χ1) is 9.74. The molecular formula is C17H27NO2. The van der Waals surface area contributed by atoms with Gasteiger partial charge < -0.3 is 15.2 Å². The number of hydrogen-bond donors (Lipinski definition) is 1. The molecule has 0 amide bonds. The summed E-state index contributed by atoms with van der Waals surface area (Å²) in [5.41, 5.74) is 7.52. The molecule has 20 heavy (non-hydrogen) atoms. The standard InChI is InChI=1S/C17H27NO2/c1-3-19-16-10-9-14(12-17(16)20-4-2)13-7-5-6-8-15(18)11-13/h9-10,12-13,15H,3-8,11,18H2,1-2H3. The van der Waals surface area contributed by atoms with Crippen LogP contribution in [-0.4, -0.2) is 19.3 Å². The molecule has 112 valence electrons. The first kappa shape index (κ1) is 15.2. The molecule has 1 aliphatic carbocycles. The van der Waals surface area contributed by atoms with E-state index in [1.165, 1.54) is 24.8 Å². The van der Waals surface area contributed by atoms with E-state index in [4.69, 9.17) is 15.2 Å². The highest BCUT2D eigenvalue weighted by molar-refractivity contribution is 5.44. The summed E-state index contributed by atoms with van der Waals surface area (Å²) in [7, 11) is 0. The Kier molecular flexibility index (Phi) is 5.72. The molecule has 0 aromatic heterocycles. The molecule has 0 bridgehead atoms. The first-order valence-electron chi connectivity index (χ1n) is 7.89. The van der Waals surface area contributed by atoms with Crippen molar-refractivity contribution >= 4 is 0 Å². The van der Waals surface area contributed by atoms with Crippen molar-refractivity contribution in [3.05, 3.63) is 23.8 Å². The average molecular weight is 277 g/mol. The van der Waals surface area contributed by atoms with Gasteiger partial charge in [-0.3, -0.25) is 0 Å². The van der Waals surface area contributed by atoms with Crippen LogP contribution < -0.4 is 15.2 Å². The highest BCUT2D eigenvalue weighted by Gasteiger charge is 2.20. The molecule has 2 atom stereocenters. The second-order valence-electron chi connectivity index (χ2n) is 5.55. The van der Waals surface area contributed by atoms with E-state index in [0.717, 1.165) is 24.3 Å². The van der Waals surface area contributed by atoms with Crippen molar-refractivity contribution in [1.82, 2.24) is 0 Å². The smallest absolute Gasteiger partial charge is 0.161 e. The normalized spacial score (nSPS) is 23.1. The molecule has 1 fully saturated rings. The van der Waals surface area contributed by atoms with Gasteiger partial charge in [0.05, 0.1) is 13.2 Å². The monoisotopic (exact) mass is 277 g/mol. The molecular weight excluding hydrogens is 250 g/mol. The van der Waals surface area contributed by atoms with Crippen molar-refractivity contribution in [3.8, 4) is 11.5 Å². The Morgan fingerprint density at radius 2 is 1.75 bits per heavy atom. The summed E-state index contributed by atoms with van der Waals surface area (Å²) in [6.45, 7) is 5.32. The van der Waals surface area contributed by atoms with Gasteiger partial charge in [0.1, 0.15) is 0 Å². The van der Waals surface area contributed by atoms with Crippen molar-refractivity contribution in [3.63, 3.8) is 0 Å². The highest BCUT2D eigenvalue weighted by Crippen LogP contribution is 2.36. The van der Waals surface area contributed by atoms with Gasteiger partial charge in [-0.25, -0.2) is 0 Å². The second kappa shape index (κ2) is 7.53. The average Bonchev–Trinajstić information content (AvgIpc) is 2.66. The Labute approximate surface area is 122 Å². The van der Waals surface area contributed by atoms with Crippen molar-refractivity contribution in [2.24, 2.45) is 5.73 Å². The van der Waals surface area contributed by atoms with Gasteiger partial charge in [-0.15, -0.1) is 0 Å². The molecule has 0 radical (unpaired) electrons. The fourth-order valence-electron chi connectivity index (χ4n) is 3.02. The molecule has 0 spiro atoms. The number of benzene rings is 1. The molecule has 1 saturated carbocycles. The lowest BCUT2D eigenvalue weighted by molar-refractivity contribution is 0.287. The van der Waals surface area contributed by atoms with E-state index >= 15 is 0 Å². The van der Waals surface area contributed by atoms with E-state index in [0.29, 0.717) is 25.2 Å². The molecule has 0 saturated heterocycles. The van der Waals surface area contributed by atoms with Crippen LogP contribution in [0.5, 0.6) is 11.5 Å². The van der Waals surface area contributed by atoms with Gasteiger partial charge in [0.2, 0.25) is 0 Å². The van der Waals surface area contributed by atoms with E-state index in [-0.39, 0.29) is 0 Å². The summed E-state index contributed by atoms with van der Waals surface area (Å²) in [5, 5.41) is 0. The number of ether oxygens (including phenoxy) is 2. The Balaban J connectivity index is 2.20. The highest BCUT2D eigenvalue weighted by atomic mass is 16.5. The van der Waals surface area contributed by atoms with Gasteiger partial charge in [-0.1, -0.05) is 18.9 Å². The summed E-state index contributed by atoms with van der Waals surface area (Å²) in [6.07, 6.45) is 6.00. The molecule has 0 heterocycles. The van der Waals surface area contributed by atoms with Crippen molar-refractivity contribution in [2.75, 3.05) is 13.2 Å². The third kappa shape index (κ3) is 3.89. The van der Waals surface area contributed by atoms with Crippen LogP contribution >= 0.6 is 0 Å². The van der Waals surface area contributed by atoms with Crippen molar-refractivity contribution in [2.45, 2.75) is 57.9 Å². The van der Waals surface area contributed by atoms with Crippen molar-refractivity contribution in [1.29, 1.82) is 0 Å². The topological polar surface area (TPSA) is 44.5 Å². The summed E-state index contributed by atoms with van der Waals surface area (Å²) < 4.78 is 11.4. The van der Waals surface area contributed by atoms with E-state index in [2.05, 4.69) is 12.1 Å². The molecule has 2 rings (SSSR count). The van der Waals surface area contributed by atoms with Crippen LogP contribution in [0.2, 0.25) is 0 Å².